The fraction of sp³-hybridized carbons (Fsp3) is 0.867. The van der Waals surface area contributed by atoms with Gasteiger partial charge in [0.25, 0.3) is 0 Å². The van der Waals surface area contributed by atoms with Crippen LogP contribution in [0.1, 0.15) is 26.2 Å². The zero-order valence-electron chi connectivity index (χ0n) is 13.7. The number of methoxy groups -OCH3 is 1. The fourth-order valence-electron chi connectivity index (χ4n) is 3.15. The van der Waals surface area contributed by atoms with Crippen LogP contribution in [0.15, 0.2) is 4.99 Å². The normalized spacial score (nSPS) is 28.4. The van der Waals surface area contributed by atoms with E-state index in [0.717, 1.165) is 38.5 Å². The highest BCUT2D eigenvalue weighted by Crippen LogP contribution is 2.24. The number of hydrogen-bond donors (Lipinski definition) is 1. The Bertz CT molecular complexity index is 386. The van der Waals surface area contributed by atoms with E-state index in [0.29, 0.717) is 12.6 Å². The number of ether oxygens (including phenoxy) is 2. The molecule has 2 rings (SSSR count). The number of likely N-dealkylation sites (tertiary alicyclic amines) is 1. The molecule has 0 radical (unpaired) electrons. The molecule has 1 N–H and O–H groups in total. The van der Waals surface area contributed by atoms with Crippen molar-refractivity contribution in [3.05, 3.63) is 0 Å². The molecule has 0 amide bonds. The largest absolute Gasteiger partial charge is 0.469 e. The van der Waals surface area contributed by atoms with E-state index in [1.54, 1.807) is 7.05 Å². The molecule has 0 aliphatic carbocycles. The van der Waals surface area contributed by atoms with Crippen molar-refractivity contribution < 1.29 is 14.3 Å². The molecule has 0 aromatic carbocycles. The summed E-state index contributed by atoms with van der Waals surface area (Å²) >= 11 is 0. The summed E-state index contributed by atoms with van der Waals surface area (Å²) in [4.78, 5) is 18.2. The van der Waals surface area contributed by atoms with Crippen molar-refractivity contribution in [3.63, 3.8) is 0 Å². The molecule has 6 nitrogen and oxygen atoms in total. The number of guanidine groups is 1. The summed E-state index contributed by atoms with van der Waals surface area (Å²) in [7, 11) is 3.23. The number of nitrogens with zero attached hydrogens (tertiary/aromatic N) is 2. The van der Waals surface area contributed by atoms with Crippen LogP contribution < -0.4 is 5.32 Å². The number of carbonyl (C=O) groups is 1. The van der Waals surface area contributed by atoms with E-state index in [2.05, 4.69) is 22.1 Å². The second-order valence-corrected chi connectivity index (χ2v) is 5.91. The highest BCUT2D eigenvalue weighted by molar-refractivity contribution is 14.0. The van der Waals surface area contributed by atoms with E-state index in [9.17, 15) is 4.79 Å². The van der Waals surface area contributed by atoms with Crippen LogP contribution in [0, 0.1) is 11.8 Å². The summed E-state index contributed by atoms with van der Waals surface area (Å²) in [5.74, 6) is 0.965. The zero-order chi connectivity index (χ0) is 15.2. The smallest absolute Gasteiger partial charge is 0.310 e. The molecular formula is C15H28IN3O3. The van der Waals surface area contributed by atoms with Gasteiger partial charge in [0.05, 0.1) is 19.1 Å². The van der Waals surface area contributed by atoms with E-state index < -0.39 is 0 Å². The topological polar surface area (TPSA) is 63.2 Å². The van der Waals surface area contributed by atoms with Gasteiger partial charge in [-0.15, -0.1) is 24.0 Å². The summed E-state index contributed by atoms with van der Waals surface area (Å²) < 4.78 is 10.5. The van der Waals surface area contributed by atoms with Crippen LogP contribution in [0.2, 0.25) is 0 Å². The van der Waals surface area contributed by atoms with Gasteiger partial charge in [-0.25, -0.2) is 0 Å². The third kappa shape index (κ3) is 4.97. The summed E-state index contributed by atoms with van der Waals surface area (Å²) in [6, 6.07) is 0. The molecular weight excluding hydrogens is 397 g/mol. The van der Waals surface area contributed by atoms with Gasteiger partial charge in [0, 0.05) is 33.3 Å². The molecule has 22 heavy (non-hydrogen) atoms. The van der Waals surface area contributed by atoms with Gasteiger partial charge in [0.15, 0.2) is 5.96 Å². The lowest BCUT2D eigenvalue weighted by atomic mass is 9.99. The Morgan fingerprint density at radius 1 is 1.45 bits per heavy atom. The quantitative estimate of drug-likeness (QED) is 0.320. The number of nitrogens with one attached hydrogen (secondary N) is 1. The lowest BCUT2D eigenvalue weighted by Crippen LogP contribution is -2.41. The highest BCUT2D eigenvalue weighted by atomic mass is 127. The summed E-state index contributed by atoms with van der Waals surface area (Å²) in [5.41, 5.74) is 0. The molecule has 0 aromatic heterocycles. The van der Waals surface area contributed by atoms with Gasteiger partial charge in [0.1, 0.15) is 0 Å². The summed E-state index contributed by atoms with van der Waals surface area (Å²) in [6.07, 6.45) is 3.72. The molecule has 0 bridgehead atoms. The van der Waals surface area contributed by atoms with Crippen LogP contribution in [0.3, 0.4) is 0 Å². The van der Waals surface area contributed by atoms with Gasteiger partial charge in [-0.1, -0.05) is 6.92 Å². The lowest BCUT2D eigenvalue weighted by molar-refractivity contribution is -0.145. The third-order valence-corrected chi connectivity index (χ3v) is 4.40. The van der Waals surface area contributed by atoms with Crippen LogP contribution in [-0.2, 0) is 14.3 Å². The van der Waals surface area contributed by atoms with E-state index in [1.165, 1.54) is 13.5 Å². The molecule has 128 valence electrons. The van der Waals surface area contributed by atoms with Gasteiger partial charge in [-0.2, -0.15) is 0 Å². The molecule has 2 saturated heterocycles. The van der Waals surface area contributed by atoms with Crippen LogP contribution in [0.5, 0.6) is 0 Å². The van der Waals surface area contributed by atoms with E-state index in [4.69, 9.17) is 9.47 Å². The summed E-state index contributed by atoms with van der Waals surface area (Å²) in [6.45, 7) is 5.34. The number of halogens is 1. The molecule has 0 saturated carbocycles. The average Bonchev–Trinajstić information content (AvgIpc) is 3.12. The zero-order valence-corrected chi connectivity index (χ0v) is 16.0. The van der Waals surface area contributed by atoms with Crippen molar-refractivity contribution >= 4 is 35.9 Å². The first-order valence-electron chi connectivity index (χ1n) is 7.80. The molecule has 2 aliphatic heterocycles. The molecule has 0 spiro atoms. The molecule has 3 atom stereocenters. The molecule has 7 heteroatoms. The number of rotatable bonds is 4. The maximum atomic E-state index is 11.7. The standard InChI is InChI=1S/C15H27N3O3.HI/c1-11-9-18(10-13(11)14(19)20-3)15(16-2)17-7-6-12-5-4-8-21-12;/h11-13H,4-10H2,1-3H3,(H,16,17);1H. The van der Waals surface area contributed by atoms with Gasteiger partial charge in [0.2, 0.25) is 0 Å². The predicted octanol–water partition coefficient (Wildman–Crippen LogP) is 1.49. The molecule has 2 heterocycles. The van der Waals surface area contributed by atoms with Crippen molar-refractivity contribution in [2.24, 2.45) is 16.8 Å². The van der Waals surface area contributed by atoms with Crippen molar-refractivity contribution in [2.45, 2.75) is 32.3 Å². The van der Waals surface area contributed by atoms with Crippen LogP contribution >= 0.6 is 24.0 Å². The van der Waals surface area contributed by atoms with E-state index in [-0.39, 0.29) is 41.8 Å². The second-order valence-electron chi connectivity index (χ2n) is 5.91. The van der Waals surface area contributed by atoms with Crippen molar-refractivity contribution in [2.75, 3.05) is 40.4 Å². The van der Waals surface area contributed by atoms with Gasteiger partial charge in [-0.3, -0.25) is 9.79 Å². The van der Waals surface area contributed by atoms with Gasteiger partial charge in [-0.05, 0) is 25.2 Å². The maximum absolute atomic E-state index is 11.7. The van der Waals surface area contributed by atoms with Crippen molar-refractivity contribution in [1.82, 2.24) is 10.2 Å². The first-order valence-corrected chi connectivity index (χ1v) is 7.80. The Balaban J connectivity index is 0.00000242. The molecule has 3 unspecified atom stereocenters. The molecule has 2 aliphatic rings. The van der Waals surface area contributed by atoms with E-state index in [1.807, 2.05) is 0 Å². The van der Waals surface area contributed by atoms with Gasteiger partial charge >= 0.3 is 5.97 Å². The number of hydrogen-bond acceptors (Lipinski definition) is 4. The third-order valence-electron chi connectivity index (χ3n) is 4.40. The lowest BCUT2D eigenvalue weighted by Gasteiger charge is -2.22. The summed E-state index contributed by atoms with van der Waals surface area (Å²) in [5, 5.41) is 3.38. The Morgan fingerprint density at radius 2 is 2.23 bits per heavy atom. The predicted molar refractivity (Wildman–Crippen MR) is 96.6 cm³/mol. The SMILES string of the molecule is CN=C(NCCC1CCCO1)N1CC(C)C(C(=O)OC)C1.I. The highest BCUT2D eigenvalue weighted by Gasteiger charge is 2.36. The molecule has 2 fully saturated rings. The van der Waals surface area contributed by atoms with Crippen molar-refractivity contribution in [3.8, 4) is 0 Å². The van der Waals surface area contributed by atoms with Gasteiger partial charge < -0.3 is 19.7 Å². The van der Waals surface area contributed by atoms with E-state index >= 15 is 0 Å². The monoisotopic (exact) mass is 425 g/mol. The number of carbonyl (C=O) groups excluding carboxylic acids is 1. The Labute approximate surface area is 150 Å². The van der Waals surface area contributed by atoms with Crippen LogP contribution in [-0.4, -0.2) is 63.3 Å². The number of esters is 1. The first-order chi connectivity index (χ1) is 10.2. The second kappa shape index (κ2) is 9.54. The van der Waals surface area contributed by atoms with Crippen molar-refractivity contribution in [1.29, 1.82) is 0 Å². The Hall–Kier alpha value is -0.570. The Kier molecular flexibility index (Phi) is 8.45. The van der Waals surface area contributed by atoms with Crippen LogP contribution in [0.25, 0.3) is 0 Å². The average molecular weight is 425 g/mol. The number of aliphatic imine (C=N–C) groups is 1. The first kappa shape index (κ1) is 19.5. The maximum Gasteiger partial charge on any atom is 0.310 e. The minimum absolute atomic E-state index is 0. The minimum Gasteiger partial charge on any atom is -0.469 e. The molecule has 0 aromatic rings. The van der Waals surface area contributed by atoms with Crippen LogP contribution in [0.4, 0.5) is 0 Å². The Morgan fingerprint density at radius 3 is 2.82 bits per heavy atom. The fourth-order valence-corrected chi connectivity index (χ4v) is 3.15. The minimum atomic E-state index is -0.125.